The van der Waals surface area contributed by atoms with E-state index in [1.54, 1.807) is 18.2 Å². The van der Waals surface area contributed by atoms with Gasteiger partial charge in [0.05, 0.1) is 9.79 Å². The molecule has 0 bridgehead atoms. The van der Waals surface area contributed by atoms with Gasteiger partial charge in [-0.25, -0.2) is 22.0 Å². The molecule has 0 aliphatic carbocycles. The van der Waals surface area contributed by atoms with Gasteiger partial charge in [0, 0.05) is 11.3 Å². The Hall–Kier alpha value is -2.68. The summed E-state index contributed by atoms with van der Waals surface area (Å²) < 4.78 is 50.7. The van der Waals surface area contributed by atoms with Crippen molar-refractivity contribution in [2.45, 2.75) is 9.79 Å². The second kappa shape index (κ2) is 6.91. The zero-order chi connectivity index (χ0) is 18.8. The van der Waals surface area contributed by atoms with Crippen LogP contribution in [0.3, 0.4) is 0 Å². The number of rotatable bonds is 5. The van der Waals surface area contributed by atoms with Crippen molar-refractivity contribution in [2.24, 2.45) is 5.14 Å². The molecular weight excluding hydrogens is 372 g/mol. The molecule has 3 aromatic carbocycles. The molecule has 0 aliphatic heterocycles. The normalized spacial score (nSPS) is 11.9. The molecule has 8 heteroatoms. The SMILES string of the molecule is NS(=O)(=O)c1ccc(NS(=O)(=O)c2ccccc2-c2ccccc2)cc1. The molecule has 0 aromatic heterocycles. The Morgan fingerprint density at radius 2 is 1.27 bits per heavy atom. The van der Waals surface area contributed by atoms with E-state index in [-0.39, 0.29) is 15.5 Å². The minimum Gasteiger partial charge on any atom is -0.280 e. The summed E-state index contributed by atoms with van der Waals surface area (Å²) in [5.74, 6) is 0. The molecule has 0 spiro atoms. The van der Waals surface area contributed by atoms with Crippen molar-refractivity contribution >= 4 is 25.7 Å². The van der Waals surface area contributed by atoms with E-state index in [0.29, 0.717) is 5.56 Å². The van der Waals surface area contributed by atoms with Gasteiger partial charge in [-0.3, -0.25) is 4.72 Å². The van der Waals surface area contributed by atoms with Crippen LogP contribution in [0.4, 0.5) is 5.69 Å². The smallest absolute Gasteiger partial charge is 0.262 e. The third-order valence-electron chi connectivity index (χ3n) is 3.70. The van der Waals surface area contributed by atoms with Gasteiger partial charge in [0.2, 0.25) is 10.0 Å². The maximum absolute atomic E-state index is 12.8. The number of benzene rings is 3. The molecule has 3 rings (SSSR count). The fourth-order valence-electron chi connectivity index (χ4n) is 2.48. The summed E-state index contributed by atoms with van der Waals surface area (Å²) in [5.41, 5.74) is 1.58. The molecule has 0 unspecified atom stereocenters. The average Bonchev–Trinajstić information content (AvgIpc) is 2.62. The molecule has 0 saturated heterocycles. The quantitative estimate of drug-likeness (QED) is 0.701. The topological polar surface area (TPSA) is 106 Å². The Morgan fingerprint density at radius 3 is 1.88 bits per heavy atom. The van der Waals surface area contributed by atoms with E-state index in [2.05, 4.69) is 4.72 Å². The maximum Gasteiger partial charge on any atom is 0.262 e. The third-order valence-corrected chi connectivity index (χ3v) is 6.07. The lowest BCUT2D eigenvalue weighted by atomic mass is 10.1. The summed E-state index contributed by atoms with van der Waals surface area (Å²) in [6.45, 7) is 0. The summed E-state index contributed by atoms with van der Waals surface area (Å²) in [7, 11) is -7.71. The van der Waals surface area contributed by atoms with Gasteiger partial charge in [0.25, 0.3) is 10.0 Å². The number of primary sulfonamides is 1. The second-order valence-corrected chi connectivity index (χ2v) is 8.75. The lowest BCUT2D eigenvalue weighted by Crippen LogP contribution is -2.15. The first-order chi connectivity index (χ1) is 12.3. The van der Waals surface area contributed by atoms with Gasteiger partial charge >= 0.3 is 0 Å². The second-order valence-electron chi connectivity index (χ2n) is 5.54. The first-order valence-corrected chi connectivity index (χ1v) is 10.6. The van der Waals surface area contributed by atoms with E-state index in [1.165, 1.54) is 30.3 Å². The zero-order valence-electron chi connectivity index (χ0n) is 13.5. The van der Waals surface area contributed by atoms with Crippen LogP contribution < -0.4 is 9.86 Å². The van der Waals surface area contributed by atoms with Crippen LogP contribution in [-0.4, -0.2) is 16.8 Å². The molecule has 0 radical (unpaired) electrons. The molecule has 134 valence electrons. The van der Waals surface area contributed by atoms with Crippen molar-refractivity contribution in [1.82, 2.24) is 0 Å². The highest BCUT2D eigenvalue weighted by Crippen LogP contribution is 2.28. The van der Waals surface area contributed by atoms with E-state index < -0.39 is 20.0 Å². The molecular formula is C18H16N2O4S2. The number of hydrogen-bond donors (Lipinski definition) is 2. The highest BCUT2D eigenvalue weighted by Gasteiger charge is 2.19. The zero-order valence-corrected chi connectivity index (χ0v) is 15.2. The van der Waals surface area contributed by atoms with Gasteiger partial charge < -0.3 is 0 Å². The van der Waals surface area contributed by atoms with E-state index in [0.717, 1.165) is 5.56 Å². The van der Waals surface area contributed by atoms with Crippen LogP contribution in [-0.2, 0) is 20.0 Å². The highest BCUT2D eigenvalue weighted by molar-refractivity contribution is 7.92. The molecule has 0 saturated carbocycles. The molecule has 6 nitrogen and oxygen atoms in total. The Kier molecular flexibility index (Phi) is 4.82. The predicted molar refractivity (Wildman–Crippen MR) is 101 cm³/mol. The van der Waals surface area contributed by atoms with Crippen molar-refractivity contribution in [3.63, 3.8) is 0 Å². The lowest BCUT2D eigenvalue weighted by Gasteiger charge is -2.13. The van der Waals surface area contributed by atoms with Gasteiger partial charge in [-0.1, -0.05) is 48.5 Å². The van der Waals surface area contributed by atoms with Crippen LogP contribution in [0.25, 0.3) is 11.1 Å². The average molecular weight is 388 g/mol. The Labute approximate surface area is 152 Å². The van der Waals surface area contributed by atoms with Gasteiger partial charge in [-0.05, 0) is 35.9 Å². The van der Waals surface area contributed by atoms with Gasteiger partial charge in [-0.15, -0.1) is 0 Å². The summed E-state index contributed by atoms with van der Waals surface area (Å²) in [6, 6.07) is 21.0. The van der Waals surface area contributed by atoms with Crippen molar-refractivity contribution < 1.29 is 16.8 Å². The standard InChI is InChI=1S/C18H16N2O4S2/c19-25(21,22)16-12-10-15(11-13-16)20-26(23,24)18-9-5-4-8-17(18)14-6-2-1-3-7-14/h1-13,20H,(H2,19,21,22). The van der Waals surface area contributed by atoms with Gasteiger partial charge in [0.15, 0.2) is 0 Å². The van der Waals surface area contributed by atoms with Gasteiger partial charge in [0.1, 0.15) is 0 Å². The molecule has 0 heterocycles. The van der Waals surface area contributed by atoms with E-state index in [4.69, 9.17) is 5.14 Å². The number of nitrogens with two attached hydrogens (primary N) is 1. The fraction of sp³-hybridized carbons (Fsp3) is 0. The minimum atomic E-state index is -3.87. The van der Waals surface area contributed by atoms with Crippen LogP contribution in [0.1, 0.15) is 0 Å². The minimum absolute atomic E-state index is 0.0925. The van der Waals surface area contributed by atoms with Gasteiger partial charge in [-0.2, -0.15) is 0 Å². The summed E-state index contributed by atoms with van der Waals surface area (Å²) in [4.78, 5) is 0.0341. The first kappa shape index (κ1) is 18.1. The Morgan fingerprint density at radius 1 is 0.692 bits per heavy atom. The number of sulfonamides is 2. The summed E-state index contributed by atoms with van der Waals surface area (Å²) in [5, 5.41) is 5.04. The van der Waals surface area contributed by atoms with Crippen molar-refractivity contribution in [3.05, 3.63) is 78.9 Å². The molecule has 3 N–H and O–H groups in total. The molecule has 0 fully saturated rings. The van der Waals surface area contributed by atoms with E-state index >= 15 is 0 Å². The molecule has 0 amide bonds. The van der Waals surface area contributed by atoms with E-state index in [1.807, 2.05) is 30.3 Å². The Bertz CT molecular complexity index is 1130. The summed E-state index contributed by atoms with van der Waals surface area (Å²) in [6.07, 6.45) is 0. The predicted octanol–water partition coefficient (Wildman–Crippen LogP) is 2.80. The molecule has 3 aromatic rings. The number of anilines is 1. The largest absolute Gasteiger partial charge is 0.280 e. The number of hydrogen-bond acceptors (Lipinski definition) is 4. The summed E-state index contributed by atoms with van der Waals surface area (Å²) >= 11 is 0. The number of nitrogens with one attached hydrogen (secondary N) is 1. The molecule has 0 atom stereocenters. The van der Waals surface area contributed by atoms with Crippen LogP contribution in [0.5, 0.6) is 0 Å². The van der Waals surface area contributed by atoms with Crippen molar-refractivity contribution in [3.8, 4) is 11.1 Å². The van der Waals surface area contributed by atoms with E-state index in [9.17, 15) is 16.8 Å². The van der Waals surface area contributed by atoms with Crippen molar-refractivity contribution in [1.29, 1.82) is 0 Å². The molecule has 26 heavy (non-hydrogen) atoms. The van der Waals surface area contributed by atoms with Crippen LogP contribution >= 0.6 is 0 Å². The first-order valence-electron chi connectivity index (χ1n) is 7.57. The third kappa shape index (κ3) is 3.93. The Balaban J connectivity index is 1.97. The highest BCUT2D eigenvalue weighted by atomic mass is 32.2. The van der Waals surface area contributed by atoms with Crippen LogP contribution in [0.15, 0.2) is 88.7 Å². The van der Waals surface area contributed by atoms with Crippen LogP contribution in [0.2, 0.25) is 0 Å². The van der Waals surface area contributed by atoms with Crippen LogP contribution in [0, 0.1) is 0 Å². The lowest BCUT2D eigenvalue weighted by molar-refractivity contribution is 0.597. The molecule has 0 aliphatic rings. The monoisotopic (exact) mass is 388 g/mol. The van der Waals surface area contributed by atoms with Crippen molar-refractivity contribution in [2.75, 3.05) is 4.72 Å². The maximum atomic E-state index is 12.8. The fourth-order valence-corrected chi connectivity index (χ4v) is 4.28.